The predicted octanol–water partition coefficient (Wildman–Crippen LogP) is 4.50. The zero-order valence-corrected chi connectivity index (χ0v) is 17.7. The van der Waals surface area contributed by atoms with Gasteiger partial charge in [0.2, 0.25) is 0 Å². The van der Waals surface area contributed by atoms with Gasteiger partial charge in [0.1, 0.15) is 5.75 Å². The van der Waals surface area contributed by atoms with E-state index < -0.39 is 6.10 Å². The fourth-order valence-electron chi connectivity index (χ4n) is 3.97. The van der Waals surface area contributed by atoms with Crippen molar-refractivity contribution in [3.05, 3.63) is 77.9 Å². The molecule has 1 heterocycles. The molecule has 0 fully saturated rings. The number of fused-ring (bicyclic) bond motifs is 1. The monoisotopic (exact) mass is 392 g/mol. The summed E-state index contributed by atoms with van der Waals surface area (Å²) < 4.78 is 6.12. The van der Waals surface area contributed by atoms with Gasteiger partial charge in [-0.1, -0.05) is 49.4 Å². The summed E-state index contributed by atoms with van der Waals surface area (Å²) in [6, 6.07) is 17.1. The number of carbonyl (C=O) groups is 1. The Morgan fingerprint density at radius 1 is 1.28 bits per heavy atom. The Bertz CT molecular complexity index is 832. The lowest BCUT2D eigenvalue weighted by Gasteiger charge is -2.37. The first-order valence-electron chi connectivity index (χ1n) is 10.5. The highest BCUT2D eigenvalue weighted by Crippen LogP contribution is 2.37. The van der Waals surface area contributed by atoms with Crippen LogP contribution in [0, 0.1) is 0 Å². The van der Waals surface area contributed by atoms with Gasteiger partial charge in [0.15, 0.2) is 6.10 Å². The van der Waals surface area contributed by atoms with Crippen molar-refractivity contribution in [2.45, 2.75) is 51.8 Å². The van der Waals surface area contributed by atoms with Crippen LogP contribution in [-0.4, -0.2) is 36.0 Å². The normalized spacial score (nSPS) is 17.4. The molecule has 4 nitrogen and oxygen atoms in total. The van der Waals surface area contributed by atoms with E-state index in [0.717, 1.165) is 25.3 Å². The van der Waals surface area contributed by atoms with Gasteiger partial charge < -0.3 is 10.1 Å². The number of ether oxygens (including phenoxy) is 1. The summed E-state index contributed by atoms with van der Waals surface area (Å²) >= 11 is 0. The van der Waals surface area contributed by atoms with Crippen molar-refractivity contribution in [3.8, 4) is 5.75 Å². The fraction of sp³-hybridized carbons (Fsp3) is 0.400. The van der Waals surface area contributed by atoms with Gasteiger partial charge in [0.25, 0.3) is 5.91 Å². The van der Waals surface area contributed by atoms with Gasteiger partial charge in [-0.15, -0.1) is 6.58 Å². The highest BCUT2D eigenvalue weighted by Gasteiger charge is 2.29. The van der Waals surface area contributed by atoms with Crippen LogP contribution < -0.4 is 10.1 Å². The van der Waals surface area contributed by atoms with E-state index >= 15 is 0 Å². The third-order valence-corrected chi connectivity index (χ3v) is 5.30. The van der Waals surface area contributed by atoms with Gasteiger partial charge in [-0.05, 0) is 55.5 Å². The average Bonchev–Trinajstić information content (AvgIpc) is 2.72. The highest BCUT2D eigenvalue weighted by molar-refractivity contribution is 5.81. The fourth-order valence-corrected chi connectivity index (χ4v) is 3.97. The van der Waals surface area contributed by atoms with Gasteiger partial charge in [-0.3, -0.25) is 9.69 Å². The maximum absolute atomic E-state index is 12.4. The standard InChI is InChI=1S/C25H32N2O2/c1-5-15-27-16-14-19-12-13-21(29-23(6-2)25(28)26-18(3)4)17-22(19)24(27)20-10-8-7-9-11-20/h5,7-13,17-18,23-24H,1,6,14-16H2,2-4H3,(H,26,28)/t23-,24+/m1/s1. The largest absolute Gasteiger partial charge is 0.481 e. The number of hydrogen-bond acceptors (Lipinski definition) is 3. The number of hydrogen-bond donors (Lipinski definition) is 1. The summed E-state index contributed by atoms with van der Waals surface area (Å²) in [5.41, 5.74) is 3.85. The minimum atomic E-state index is -0.488. The van der Waals surface area contributed by atoms with E-state index in [-0.39, 0.29) is 18.0 Å². The Morgan fingerprint density at radius 2 is 2.03 bits per heavy atom. The molecule has 0 saturated heterocycles. The van der Waals surface area contributed by atoms with Crippen LogP contribution in [0.2, 0.25) is 0 Å². The zero-order chi connectivity index (χ0) is 20.8. The molecule has 0 saturated carbocycles. The van der Waals surface area contributed by atoms with E-state index in [0.29, 0.717) is 6.42 Å². The quantitative estimate of drug-likeness (QED) is 0.673. The molecule has 0 radical (unpaired) electrons. The maximum Gasteiger partial charge on any atom is 0.261 e. The second-order valence-electron chi connectivity index (χ2n) is 7.89. The van der Waals surface area contributed by atoms with Crippen molar-refractivity contribution >= 4 is 5.91 Å². The summed E-state index contributed by atoms with van der Waals surface area (Å²) in [5, 5.41) is 2.95. The Kier molecular flexibility index (Phi) is 7.10. The van der Waals surface area contributed by atoms with E-state index in [9.17, 15) is 4.79 Å². The molecule has 29 heavy (non-hydrogen) atoms. The number of amides is 1. The SMILES string of the molecule is C=CCN1CCc2ccc(O[C@H](CC)C(=O)NC(C)C)cc2[C@@H]1c1ccccc1. The summed E-state index contributed by atoms with van der Waals surface area (Å²) in [4.78, 5) is 14.9. The van der Waals surface area contributed by atoms with Crippen LogP contribution in [0.1, 0.15) is 49.9 Å². The van der Waals surface area contributed by atoms with E-state index in [2.05, 4.69) is 53.2 Å². The second-order valence-corrected chi connectivity index (χ2v) is 7.89. The number of rotatable bonds is 8. The molecule has 0 aliphatic carbocycles. The molecule has 2 atom stereocenters. The second kappa shape index (κ2) is 9.75. The van der Waals surface area contributed by atoms with Crippen molar-refractivity contribution in [2.75, 3.05) is 13.1 Å². The summed E-state index contributed by atoms with van der Waals surface area (Å²) in [5.74, 6) is 0.684. The van der Waals surface area contributed by atoms with Crippen LogP contribution >= 0.6 is 0 Å². The van der Waals surface area contributed by atoms with Gasteiger partial charge in [-0.25, -0.2) is 0 Å². The summed E-state index contributed by atoms with van der Waals surface area (Å²) in [6.45, 7) is 11.7. The first-order chi connectivity index (χ1) is 14.0. The van der Waals surface area contributed by atoms with Crippen LogP contribution in [0.4, 0.5) is 0 Å². The number of nitrogens with one attached hydrogen (secondary N) is 1. The number of nitrogens with zero attached hydrogens (tertiary/aromatic N) is 1. The van der Waals surface area contributed by atoms with Gasteiger partial charge in [-0.2, -0.15) is 0 Å². The molecule has 0 bridgehead atoms. The Balaban J connectivity index is 1.92. The summed E-state index contributed by atoms with van der Waals surface area (Å²) in [7, 11) is 0. The third kappa shape index (κ3) is 5.07. The zero-order valence-electron chi connectivity index (χ0n) is 17.7. The maximum atomic E-state index is 12.4. The lowest BCUT2D eigenvalue weighted by molar-refractivity contribution is -0.128. The predicted molar refractivity (Wildman–Crippen MR) is 118 cm³/mol. The van der Waals surface area contributed by atoms with Gasteiger partial charge >= 0.3 is 0 Å². The van der Waals surface area contributed by atoms with Crippen molar-refractivity contribution in [1.82, 2.24) is 10.2 Å². The average molecular weight is 393 g/mol. The summed E-state index contributed by atoms with van der Waals surface area (Å²) in [6.07, 6.45) is 3.10. The molecule has 4 heteroatoms. The molecule has 1 N–H and O–H groups in total. The third-order valence-electron chi connectivity index (χ3n) is 5.30. The molecule has 1 aliphatic heterocycles. The highest BCUT2D eigenvalue weighted by atomic mass is 16.5. The molecule has 154 valence electrons. The molecule has 2 aromatic rings. The molecular formula is C25H32N2O2. The van der Waals surface area contributed by atoms with Crippen LogP contribution in [0.25, 0.3) is 0 Å². The van der Waals surface area contributed by atoms with E-state index in [1.807, 2.05) is 39.0 Å². The van der Waals surface area contributed by atoms with Crippen LogP contribution in [0.15, 0.2) is 61.2 Å². The first-order valence-corrected chi connectivity index (χ1v) is 10.5. The van der Waals surface area contributed by atoms with Gasteiger partial charge in [0, 0.05) is 19.1 Å². The minimum Gasteiger partial charge on any atom is -0.481 e. The van der Waals surface area contributed by atoms with E-state index in [1.54, 1.807) is 0 Å². The smallest absolute Gasteiger partial charge is 0.261 e. The number of carbonyl (C=O) groups excluding carboxylic acids is 1. The van der Waals surface area contributed by atoms with Gasteiger partial charge in [0.05, 0.1) is 6.04 Å². The molecule has 0 aromatic heterocycles. The van der Waals surface area contributed by atoms with Crippen molar-refractivity contribution in [3.63, 3.8) is 0 Å². The van der Waals surface area contributed by atoms with E-state index in [4.69, 9.17) is 4.74 Å². The first kappa shape index (κ1) is 21.1. The number of benzene rings is 2. The van der Waals surface area contributed by atoms with Crippen molar-refractivity contribution in [2.24, 2.45) is 0 Å². The minimum absolute atomic E-state index is 0.0619. The topological polar surface area (TPSA) is 41.6 Å². The van der Waals surface area contributed by atoms with Crippen LogP contribution in [-0.2, 0) is 11.2 Å². The Hall–Kier alpha value is -2.59. The lowest BCUT2D eigenvalue weighted by atomic mass is 9.88. The van der Waals surface area contributed by atoms with Crippen molar-refractivity contribution < 1.29 is 9.53 Å². The Labute approximate surface area is 174 Å². The molecule has 0 unspecified atom stereocenters. The molecule has 3 rings (SSSR count). The molecule has 2 aromatic carbocycles. The lowest BCUT2D eigenvalue weighted by Crippen LogP contribution is -2.41. The van der Waals surface area contributed by atoms with E-state index in [1.165, 1.54) is 16.7 Å². The molecular weight excluding hydrogens is 360 g/mol. The molecule has 1 aliphatic rings. The molecule has 1 amide bonds. The Morgan fingerprint density at radius 3 is 2.69 bits per heavy atom. The van der Waals surface area contributed by atoms with Crippen LogP contribution in [0.5, 0.6) is 5.75 Å². The van der Waals surface area contributed by atoms with Crippen LogP contribution in [0.3, 0.4) is 0 Å². The van der Waals surface area contributed by atoms with Crippen molar-refractivity contribution in [1.29, 1.82) is 0 Å². The molecule has 0 spiro atoms.